The van der Waals surface area contributed by atoms with Crippen LogP contribution in [0.1, 0.15) is 518 Å². The lowest BCUT2D eigenvalue weighted by molar-refractivity contribution is -0.169. The second kappa shape index (κ2) is 82.4. The molecule has 114 heavy (non-hydrogen) atoms. The summed E-state index contributed by atoms with van der Waals surface area (Å²) in [6.07, 6.45) is 78.1. The van der Waals surface area contributed by atoms with Crippen LogP contribution in [0.25, 0.3) is 0 Å². The molecule has 2 unspecified atom stereocenters. The first-order valence-corrected chi connectivity index (χ1v) is 47.8. The average molecular weight is 1620 g/mol. The fourth-order valence-electron chi connectivity index (χ4n) is 14.9. The predicted octanol–water partition coefficient (Wildman–Crippen LogP) is 27.2. The molecule has 18 heteroatoms. The summed E-state index contributed by atoms with van der Waals surface area (Å²) in [7, 11) is 0. The molecule has 0 aliphatic carbocycles. The number of ether oxygens (including phenoxy) is 4. The van der Waals surface area contributed by atoms with E-state index in [4.69, 9.17) is 29.2 Å². The third-order valence-corrected chi connectivity index (χ3v) is 23.0. The van der Waals surface area contributed by atoms with Gasteiger partial charge in [0, 0.05) is 49.4 Å². The van der Waals surface area contributed by atoms with Gasteiger partial charge in [-0.1, -0.05) is 401 Å². The molecule has 0 saturated carbocycles. The second-order valence-corrected chi connectivity index (χ2v) is 34.7. The first-order valence-electron chi connectivity index (χ1n) is 47.8. The number of rotatable bonds is 85. The number of carboxylic acids is 4. The molecule has 0 fully saturated rings. The molecule has 0 rings (SSSR count). The molecule has 0 bridgehead atoms. The van der Waals surface area contributed by atoms with Crippen molar-refractivity contribution in [1.82, 2.24) is 0 Å². The van der Waals surface area contributed by atoms with Crippen LogP contribution in [-0.4, -0.2) is 116 Å². The van der Waals surface area contributed by atoms with E-state index in [1.807, 2.05) is 13.8 Å². The zero-order valence-electron chi connectivity index (χ0n) is 75.3. The van der Waals surface area contributed by atoms with Crippen LogP contribution in [0, 0.1) is 10.8 Å². The first kappa shape index (κ1) is 114. The lowest BCUT2D eigenvalue weighted by atomic mass is 9.76. The number of esters is 4. The molecule has 674 valence electrons. The van der Waals surface area contributed by atoms with E-state index >= 15 is 0 Å². The second-order valence-electron chi connectivity index (χ2n) is 34.7. The maximum Gasteiger partial charge on any atom is 0.335 e. The Kier molecular flexibility index (Phi) is 82.3. The van der Waals surface area contributed by atoms with Crippen molar-refractivity contribution in [3.8, 4) is 0 Å². The molecule has 0 aromatic carbocycles. The molecule has 0 saturated heterocycles. The van der Waals surface area contributed by atoms with Crippen LogP contribution in [0.15, 0.2) is 0 Å². The van der Waals surface area contributed by atoms with Crippen LogP contribution in [0.5, 0.6) is 0 Å². The summed E-state index contributed by atoms with van der Waals surface area (Å²) >= 11 is 0. The highest BCUT2D eigenvalue weighted by Crippen LogP contribution is 2.36. The molecule has 0 amide bonds. The Labute approximate surface area is 698 Å². The third kappa shape index (κ3) is 78.8. The molecule has 0 aliphatic heterocycles. The van der Waals surface area contributed by atoms with Gasteiger partial charge >= 0.3 is 47.8 Å². The molecular weight excluding hydrogens is 1440 g/mol. The topological polar surface area (TPSA) is 295 Å². The highest BCUT2D eigenvalue weighted by molar-refractivity contribution is 5.77. The summed E-state index contributed by atoms with van der Waals surface area (Å²) in [4.78, 5) is 93.9. The highest BCUT2D eigenvalue weighted by atomic mass is 16.6. The van der Waals surface area contributed by atoms with E-state index in [9.17, 15) is 58.8 Å². The summed E-state index contributed by atoms with van der Waals surface area (Å²) in [5, 5.41) is 56.7. The summed E-state index contributed by atoms with van der Waals surface area (Å²) in [5.41, 5.74) is -6.01. The van der Waals surface area contributed by atoms with Crippen LogP contribution < -0.4 is 0 Å². The maximum atomic E-state index is 12.6. The van der Waals surface area contributed by atoms with Gasteiger partial charge in [0.15, 0.2) is 11.2 Å². The van der Waals surface area contributed by atoms with Crippen molar-refractivity contribution >= 4 is 47.8 Å². The monoisotopic (exact) mass is 1620 g/mol. The number of hydrogen-bond acceptors (Lipinski definition) is 14. The smallest absolute Gasteiger partial charge is 0.335 e. The van der Waals surface area contributed by atoms with Crippen LogP contribution in [0.4, 0.5) is 0 Å². The van der Waals surface area contributed by atoms with Crippen LogP contribution >= 0.6 is 0 Å². The molecule has 0 spiro atoms. The number of carboxylic acid groups (broad SMARTS) is 4. The largest absolute Gasteiger partial charge is 0.481 e. The summed E-state index contributed by atoms with van der Waals surface area (Å²) in [5.74, 6) is -5.75. The zero-order chi connectivity index (χ0) is 85.2. The van der Waals surface area contributed by atoms with Gasteiger partial charge in [0.2, 0.25) is 0 Å². The van der Waals surface area contributed by atoms with E-state index in [0.29, 0.717) is 51.4 Å². The van der Waals surface area contributed by atoms with E-state index in [2.05, 4.69) is 27.7 Å². The van der Waals surface area contributed by atoms with Crippen LogP contribution in [-0.2, 0) is 57.3 Å². The van der Waals surface area contributed by atoms with Crippen LogP contribution in [0.2, 0.25) is 0 Å². The number of aliphatic carboxylic acids is 4. The van der Waals surface area contributed by atoms with E-state index in [1.165, 1.54) is 322 Å². The van der Waals surface area contributed by atoms with Crippen molar-refractivity contribution in [2.24, 2.45) is 10.8 Å². The third-order valence-electron chi connectivity index (χ3n) is 23.0. The Bertz CT molecular complexity index is 1980. The van der Waals surface area contributed by atoms with Gasteiger partial charge < -0.3 is 49.6 Å². The number of hydrogen-bond donors (Lipinski definition) is 6. The van der Waals surface area contributed by atoms with Gasteiger partial charge in [0.25, 0.3) is 0 Å². The van der Waals surface area contributed by atoms with E-state index < -0.39 is 45.9 Å². The molecule has 0 aromatic rings. The van der Waals surface area contributed by atoms with Gasteiger partial charge in [-0.2, -0.15) is 0 Å². The molecule has 0 radical (unpaired) electrons. The minimum Gasteiger partial charge on any atom is -0.481 e. The Hall–Kier alpha value is -4.32. The van der Waals surface area contributed by atoms with Gasteiger partial charge in [0.1, 0.15) is 26.4 Å². The van der Waals surface area contributed by atoms with E-state index in [0.717, 1.165) is 77.0 Å². The van der Waals surface area contributed by atoms with Gasteiger partial charge in [-0.15, -0.1) is 0 Å². The van der Waals surface area contributed by atoms with Gasteiger partial charge in [-0.05, 0) is 78.1 Å². The minimum atomic E-state index is -2.03. The molecule has 2 atom stereocenters. The fourth-order valence-corrected chi connectivity index (χ4v) is 14.9. The predicted molar refractivity (Wildman–Crippen MR) is 467 cm³/mol. The number of unbranched alkanes of at least 4 members (excludes halogenated alkanes) is 57. The van der Waals surface area contributed by atoms with Crippen molar-refractivity contribution in [1.29, 1.82) is 0 Å². The van der Waals surface area contributed by atoms with Gasteiger partial charge in [0.05, 0.1) is 0 Å². The Balaban J connectivity index is -0.00000192. The van der Waals surface area contributed by atoms with E-state index in [-0.39, 0.29) is 76.0 Å². The lowest BCUT2D eigenvalue weighted by Crippen LogP contribution is -2.45. The van der Waals surface area contributed by atoms with Gasteiger partial charge in [-0.3, -0.25) is 28.8 Å². The number of carbonyl (C=O) groups is 8. The lowest BCUT2D eigenvalue weighted by Gasteiger charge is -2.36. The van der Waals surface area contributed by atoms with Crippen LogP contribution in [0.3, 0.4) is 0 Å². The van der Waals surface area contributed by atoms with E-state index in [1.54, 1.807) is 0 Å². The van der Waals surface area contributed by atoms with Crippen molar-refractivity contribution in [3.05, 3.63) is 0 Å². The summed E-state index contributed by atoms with van der Waals surface area (Å²) < 4.78 is 22.5. The normalized spacial score (nSPS) is 12.5. The number of carbonyl (C=O) groups excluding carboxylic acids is 4. The zero-order valence-corrected chi connectivity index (χ0v) is 75.3. The van der Waals surface area contributed by atoms with Crippen molar-refractivity contribution < 1.29 is 87.9 Å². The summed E-state index contributed by atoms with van der Waals surface area (Å²) in [6, 6.07) is 0. The molecular formula is C96H182O18. The quantitative estimate of drug-likeness (QED) is 0.0187. The summed E-state index contributed by atoms with van der Waals surface area (Å²) in [6.45, 7) is 14.9. The maximum absolute atomic E-state index is 12.6. The highest BCUT2D eigenvalue weighted by Gasteiger charge is 2.44. The fraction of sp³-hybridized carbons (Fsp3) is 0.917. The molecule has 0 heterocycles. The first-order chi connectivity index (χ1) is 54.9. The minimum absolute atomic E-state index is 0.0628. The Morgan fingerprint density at radius 3 is 0.465 bits per heavy atom. The average Bonchev–Trinajstić information content (AvgIpc) is 0.830. The molecule has 0 aromatic heterocycles. The Morgan fingerprint density at radius 1 is 0.211 bits per heavy atom. The molecule has 6 N–H and O–H groups in total. The molecule has 18 nitrogen and oxygen atoms in total. The van der Waals surface area contributed by atoms with Crippen molar-refractivity contribution in [2.75, 3.05) is 26.4 Å². The van der Waals surface area contributed by atoms with Crippen molar-refractivity contribution in [3.63, 3.8) is 0 Å². The Morgan fingerprint density at radius 2 is 0.342 bits per heavy atom. The van der Waals surface area contributed by atoms with Gasteiger partial charge in [-0.25, -0.2) is 9.59 Å². The van der Waals surface area contributed by atoms with Crippen molar-refractivity contribution in [2.45, 2.75) is 529 Å². The SMILES string of the molecule is CCCCCCCCCCCCCCCCCC(=O)OCC(CC)(COC(=O)CCCCCCCCCCCCCCCCC)CC(C)(O)C(=O)O.CCCCCCCCCCCCCCCCCC(=O)OCC(CC)(COC(=O)CCCCCCCCCCCCCCCCC)CC(C)(O)C(=O)O.O=C(O)CCCCC(=O)O. The standard InChI is InChI=1S/2C45H86O7.C6H10O4/c2*1-5-8-10-12-14-16-18-20-22-24-26-28-30-32-34-36-41(46)51-39-45(7-3,38-44(4,50)43(48)49)40-52-42(47)37-35-33-31-29-27-25-23-21-19-17-15-13-11-9-6-2;7-5(8)3-1-2-4-6(9)10/h2*50H,5-40H2,1-4H3,(H,48,49);1-4H2,(H,7,8)(H,9,10). The molecule has 0 aliphatic rings. The number of aliphatic hydroxyl groups is 2.